The van der Waals surface area contributed by atoms with Gasteiger partial charge in [0, 0.05) is 37.8 Å². The number of rotatable bonds is 5. The minimum Gasteiger partial charge on any atom is -0.355 e. The molecular formula is C18H26ClN3O2. The molecule has 2 aliphatic rings. The Hall–Kier alpha value is -1.59. The van der Waals surface area contributed by atoms with Crippen molar-refractivity contribution in [2.24, 2.45) is 11.8 Å². The molecule has 2 heterocycles. The van der Waals surface area contributed by atoms with E-state index >= 15 is 0 Å². The van der Waals surface area contributed by atoms with Crippen LogP contribution in [0.5, 0.6) is 0 Å². The Labute approximate surface area is 149 Å². The minimum absolute atomic E-state index is 0. The average Bonchev–Trinajstić information content (AvgIpc) is 2.87. The van der Waals surface area contributed by atoms with Crippen molar-refractivity contribution >= 4 is 29.9 Å². The average molecular weight is 352 g/mol. The first-order valence-electron chi connectivity index (χ1n) is 8.46. The zero-order valence-corrected chi connectivity index (χ0v) is 15.1. The molecular weight excluding hydrogens is 326 g/mol. The van der Waals surface area contributed by atoms with Crippen molar-refractivity contribution in [1.29, 1.82) is 0 Å². The van der Waals surface area contributed by atoms with Crippen LogP contribution in [0.1, 0.15) is 31.7 Å². The van der Waals surface area contributed by atoms with Crippen LogP contribution in [-0.2, 0) is 9.59 Å². The molecule has 2 aliphatic heterocycles. The van der Waals surface area contributed by atoms with E-state index in [1.165, 1.54) is 5.56 Å². The highest BCUT2D eigenvalue weighted by molar-refractivity contribution is 6.09. The summed E-state index contributed by atoms with van der Waals surface area (Å²) in [6.07, 6.45) is 0.597. The molecule has 1 aromatic rings. The quantitative estimate of drug-likeness (QED) is 0.797. The maximum atomic E-state index is 12.5. The fourth-order valence-electron chi connectivity index (χ4n) is 3.08. The molecule has 1 aromatic carbocycles. The lowest BCUT2D eigenvalue weighted by molar-refractivity contribution is -0.132. The van der Waals surface area contributed by atoms with E-state index in [1.807, 2.05) is 12.1 Å². The fourth-order valence-corrected chi connectivity index (χ4v) is 3.08. The van der Waals surface area contributed by atoms with Crippen LogP contribution in [0.15, 0.2) is 24.3 Å². The topological polar surface area (TPSA) is 61.4 Å². The molecule has 1 unspecified atom stereocenters. The number of benzene rings is 1. The zero-order chi connectivity index (χ0) is 16.4. The molecule has 2 saturated heterocycles. The normalized spacial score (nSPS) is 20.7. The molecule has 132 valence electrons. The molecule has 6 heteroatoms. The summed E-state index contributed by atoms with van der Waals surface area (Å²) >= 11 is 0. The van der Waals surface area contributed by atoms with Gasteiger partial charge in [-0.25, -0.2) is 0 Å². The number of anilines is 1. The molecule has 5 nitrogen and oxygen atoms in total. The summed E-state index contributed by atoms with van der Waals surface area (Å²) in [7, 11) is 0. The number of halogens is 1. The molecule has 2 amide bonds. The molecule has 0 saturated carbocycles. The third-order valence-electron chi connectivity index (χ3n) is 4.82. The van der Waals surface area contributed by atoms with Crippen molar-refractivity contribution in [2.75, 3.05) is 31.1 Å². The Kier molecular flexibility index (Phi) is 6.24. The third-order valence-corrected chi connectivity index (χ3v) is 4.82. The van der Waals surface area contributed by atoms with Crippen LogP contribution in [0.4, 0.5) is 5.69 Å². The lowest BCUT2D eigenvalue weighted by atomic mass is 10.0. The van der Waals surface area contributed by atoms with Crippen molar-refractivity contribution in [3.05, 3.63) is 29.8 Å². The van der Waals surface area contributed by atoms with Crippen LogP contribution in [0.3, 0.4) is 0 Å². The van der Waals surface area contributed by atoms with Gasteiger partial charge in [0.25, 0.3) is 0 Å². The molecule has 0 bridgehead atoms. The van der Waals surface area contributed by atoms with E-state index in [4.69, 9.17) is 0 Å². The summed E-state index contributed by atoms with van der Waals surface area (Å²) in [4.78, 5) is 26.5. The molecule has 0 spiro atoms. The number of amides is 2. The second kappa shape index (κ2) is 7.99. The van der Waals surface area contributed by atoms with Crippen molar-refractivity contribution in [1.82, 2.24) is 10.6 Å². The number of nitrogens with one attached hydrogen (secondary N) is 2. The Balaban J connectivity index is 0.00000208. The van der Waals surface area contributed by atoms with E-state index in [0.29, 0.717) is 31.3 Å². The molecule has 2 fully saturated rings. The summed E-state index contributed by atoms with van der Waals surface area (Å²) < 4.78 is 0. The van der Waals surface area contributed by atoms with Gasteiger partial charge in [0.05, 0.1) is 0 Å². The summed E-state index contributed by atoms with van der Waals surface area (Å²) in [6.45, 7) is 7.48. The monoisotopic (exact) mass is 351 g/mol. The zero-order valence-electron chi connectivity index (χ0n) is 14.2. The second-order valence-electron chi connectivity index (χ2n) is 6.85. The smallest absolute Gasteiger partial charge is 0.239 e. The molecule has 24 heavy (non-hydrogen) atoms. The predicted octanol–water partition coefficient (Wildman–Crippen LogP) is 1.92. The molecule has 2 N–H and O–H groups in total. The first-order chi connectivity index (χ1) is 11.1. The van der Waals surface area contributed by atoms with Crippen LogP contribution in [-0.4, -0.2) is 38.0 Å². The van der Waals surface area contributed by atoms with E-state index in [9.17, 15) is 9.59 Å². The van der Waals surface area contributed by atoms with Gasteiger partial charge in [0.15, 0.2) is 0 Å². The van der Waals surface area contributed by atoms with Gasteiger partial charge in [-0.15, -0.1) is 12.4 Å². The highest BCUT2D eigenvalue weighted by Gasteiger charge is 2.37. The van der Waals surface area contributed by atoms with E-state index in [1.54, 1.807) is 4.90 Å². The SMILES string of the molecule is CC(C)c1ccc(N2CCC(C(=O)NCC3CNC3)C2=O)cc1.Cl. The summed E-state index contributed by atoms with van der Waals surface area (Å²) in [5, 5.41) is 6.10. The standard InChI is InChI=1S/C18H25N3O2.ClH/c1-12(2)14-3-5-15(6-4-14)21-8-7-16(18(21)23)17(22)20-11-13-9-19-10-13;/h3-6,12-13,16,19H,7-11H2,1-2H3,(H,20,22);1H. The van der Waals surface area contributed by atoms with Crippen LogP contribution < -0.4 is 15.5 Å². The Morgan fingerprint density at radius 2 is 1.96 bits per heavy atom. The Morgan fingerprint density at radius 3 is 2.50 bits per heavy atom. The first kappa shape index (κ1) is 18.7. The van der Waals surface area contributed by atoms with Gasteiger partial charge in [-0.3, -0.25) is 9.59 Å². The molecule has 1 atom stereocenters. The van der Waals surface area contributed by atoms with Crippen LogP contribution in [0, 0.1) is 11.8 Å². The Morgan fingerprint density at radius 1 is 1.29 bits per heavy atom. The molecule has 0 radical (unpaired) electrons. The van der Waals surface area contributed by atoms with Crippen molar-refractivity contribution in [3.63, 3.8) is 0 Å². The molecule has 3 rings (SSSR count). The maximum absolute atomic E-state index is 12.5. The van der Waals surface area contributed by atoms with Crippen LogP contribution in [0.25, 0.3) is 0 Å². The van der Waals surface area contributed by atoms with Gasteiger partial charge in [-0.1, -0.05) is 26.0 Å². The number of nitrogens with zero attached hydrogens (tertiary/aromatic N) is 1. The third kappa shape index (κ3) is 3.90. The van der Waals surface area contributed by atoms with E-state index in [0.717, 1.165) is 18.8 Å². The van der Waals surface area contributed by atoms with Crippen LogP contribution >= 0.6 is 12.4 Å². The van der Waals surface area contributed by atoms with Crippen molar-refractivity contribution < 1.29 is 9.59 Å². The minimum atomic E-state index is -0.534. The van der Waals surface area contributed by atoms with E-state index in [2.05, 4.69) is 36.6 Å². The lowest BCUT2D eigenvalue weighted by Gasteiger charge is -2.27. The van der Waals surface area contributed by atoms with Crippen molar-refractivity contribution in [3.8, 4) is 0 Å². The fraction of sp³-hybridized carbons (Fsp3) is 0.556. The van der Waals surface area contributed by atoms with Gasteiger partial charge >= 0.3 is 0 Å². The summed E-state index contributed by atoms with van der Waals surface area (Å²) in [6, 6.07) is 8.08. The molecule has 0 aliphatic carbocycles. The number of hydrogen-bond acceptors (Lipinski definition) is 3. The van der Waals surface area contributed by atoms with Crippen molar-refractivity contribution in [2.45, 2.75) is 26.2 Å². The van der Waals surface area contributed by atoms with Gasteiger partial charge in [0.1, 0.15) is 5.92 Å². The molecule has 0 aromatic heterocycles. The summed E-state index contributed by atoms with van der Waals surface area (Å²) in [5.74, 6) is 0.246. The van der Waals surface area contributed by atoms with Gasteiger partial charge in [-0.05, 0) is 30.0 Å². The highest BCUT2D eigenvalue weighted by atomic mass is 35.5. The number of carbonyl (C=O) groups is 2. The number of hydrogen-bond donors (Lipinski definition) is 2. The first-order valence-corrected chi connectivity index (χ1v) is 8.46. The predicted molar refractivity (Wildman–Crippen MR) is 97.6 cm³/mol. The van der Waals surface area contributed by atoms with Gasteiger partial charge in [0.2, 0.25) is 11.8 Å². The number of carbonyl (C=O) groups excluding carboxylic acids is 2. The van der Waals surface area contributed by atoms with Crippen LogP contribution in [0.2, 0.25) is 0 Å². The lowest BCUT2D eigenvalue weighted by Crippen LogP contribution is -2.49. The van der Waals surface area contributed by atoms with E-state index < -0.39 is 5.92 Å². The van der Waals surface area contributed by atoms with Gasteiger partial charge in [-0.2, -0.15) is 0 Å². The highest BCUT2D eigenvalue weighted by Crippen LogP contribution is 2.27. The largest absolute Gasteiger partial charge is 0.355 e. The van der Waals surface area contributed by atoms with E-state index in [-0.39, 0.29) is 24.2 Å². The van der Waals surface area contributed by atoms with Gasteiger partial charge < -0.3 is 15.5 Å². The summed E-state index contributed by atoms with van der Waals surface area (Å²) in [5.41, 5.74) is 2.14. The maximum Gasteiger partial charge on any atom is 0.239 e. The second-order valence-corrected chi connectivity index (χ2v) is 6.85. The Bertz CT molecular complexity index is 584.